The van der Waals surface area contributed by atoms with Crippen LogP contribution < -0.4 is 5.32 Å². The number of rotatable bonds is 3. The molecule has 0 aromatic rings. The third-order valence-electron chi connectivity index (χ3n) is 5.25. The number of carbonyl (C=O) groups excluding carboxylic acids is 2. The summed E-state index contributed by atoms with van der Waals surface area (Å²) in [6, 6.07) is 0.766. The lowest BCUT2D eigenvalue weighted by molar-refractivity contribution is -0.130. The van der Waals surface area contributed by atoms with Crippen LogP contribution in [0.2, 0.25) is 0 Å². The number of nitrogens with zero attached hydrogens (tertiary/aromatic N) is 1. The highest BCUT2D eigenvalue weighted by atomic mass is 16.2. The molecule has 0 radical (unpaired) electrons. The van der Waals surface area contributed by atoms with E-state index in [0.29, 0.717) is 25.0 Å². The van der Waals surface area contributed by atoms with Gasteiger partial charge in [0.15, 0.2) is 0 Å². The Balaban J connectivity index is 1.53. The summed E-state index contributed by atoms with van der Waals surface area (Å²) in [5.41, 5.74) is 0. The summed E-state index contributed by atoms with van der Waals surface area (Å²) in [6.45, 7) is 0.655. The Kier molecular flexibility index (Phi) is 4.27. The van der Waals surface area contributed by atoms with E-state index in [-0.39, 0.29) is 17.7 Å². The molecule has 2 amide bonds. The molecule has 2 saturated carbocycles. The van der Waals surface area contributed by atoms with Gasteiger partial charge in [-0.1, -0.05) is 32.1 Å². The maximum Gasteiger partial charge on any atom is 0.225 e. The molecule has 4 heteroatoms. The van der Waals surface area contributed by atoms with Crippen LogP contribution in [0.25, 0.3) is 0 Å². The van der Waals surface area contributed by atoms with Crippen molar-refractivity contribution in [2.45, 2.75) is 76.3 Å². The Hall–Kier alpha value is -1.06. The lowest BCUT2D eigenvalue weighted by atomic mass is 9.94. The minimum absolute atomic E-state index is 0.106. The standard InChI is InChI=1S/C16H26N2O2/c19-15-10-12(16(20)17-13-6-4-5-7-13)11-18(15)14-8-2-1-3-9-14/h12-14H,1-11H2,(H,17,20)/t12-/m1/s1. The summed E-state index contributed by atoms with van der Waals surface area (Å²) in [4.78, 5) is 26.5. The number of amides is 2. The summed E-state index contributed by atoms with van der Waals surface area (Å²) in [6.07, 6.45) is 11.1. The molecule has 20 heavy (non-hydrogen) atoms. The Morgan fingerprint density at radius 3 is 2.35 bits per heavy atom. The van der Waals surface area contributed by atoms with Gasteiger partial charge in [-0.05, 0) is 25.7 Å². The fourth-order valence-electron chi connectivity index (χ4n) is 4.04. The van der Waals surface area contributed by atoms with Gasteiger partial charge in [-0.25, -0.2) is 0 Å². The molecule has 3 rings (SSSR count). The first kappa shape index (κ1) is 13.9. The van der Waals surface area contributed by atoms with Gasteiger partial charge in [0.25, 0.3) is 0 Å². The molecule has 0 spiro atoms. The highest BCUT2D eigenvalue weighted by Crippen LogP contribution is 2.29. The van der Waals surface area contributed by atoms with Crippen molar-refractivity contribution in [2.24, 2.45) is 5.92 Å². The molecular formula is C16H26N2O2. The zero-order valence-electron chi connectivity index (χ0n) is 12.3. The topological polar surface area (TPSA) is 49.4 Å². The van der Waals surface area contributed by atoms with Crippen molar-refractivity contribution in [1.29, 1.82) is 0 Å². The molecule has 1 heterocycles. The lowest BCUT2D eigenvalue weighted by Gasteiger charge is -2.31. The van der Waals surface area contributed by atoms with E-state index in [1.165, 1.54) is 32.1 Å². The number of carbonyl (C=O) groups is 2. The minimum atomic E-state index is -0.106. The van der Waals surface area contributed by atoms with Gasteiger partial charge in [0.1, 0.15) is 0 Å². The van der Waals surface area contributed by atoms with Crippen LogP contribution in [0, 0.1) is 5.92 Å². The molecule has 3 aliphatic rings. The summed E-state index contributed by atoms with van der Waals surface area (Å²) in [5.74, 6) is 0.206. The van der Waals surface area contributed by atoms with E-state index in [4.69, 9.17) is 0 Å². The van der Waals surface area contributed by atoms with Crippen LogP contribution >= 0.6 is 0 Å². The summed E-state index contributed by atoms with van der Waals surface area (Å²) in [7, 11) is 0. The average Bonchev–Trinajstić information content (AvgIpc) is 3.09. The number of hydrogen-bond acceptors (Lipinski definition) is 2. The minimum Gasteiger partial charge on any atom is -0.353 e. The second-order valence-corrected chi connectivity index (χ2v) is 6.73. The molecule has 1 aliphatic heterocycles. The highest BCUT2D eigenvalue weighted by Gasteiger charge is 2.38. The predicted octanol–water partition coefficient (Wildman–Crippen LogP) is 2.23. The van der Waals surface area contributed by atoms with E-state index >= 15 is 0 Å². The van der Waals surface area contributed by atoms with E-state index in [0.717, 1.165) is 25.7 Å². The molecule has 0 bridgehead atoms. The molecule has 1 atom stereocenters. The normalized spacial score (nSPS) is 29.1. The third kappa shape index (κ3) is 2.99. The maximum absolute atomic E-state index is 12.3. The van der Waals surface area contributed by atoms with Gasteiger partial charge in [-0.15, -0.1) is 0 Å². The van der Waals surface area contributed by atoms with Crippen molar-refractivity contribution in [3.63, 3.8) is 0 Å². The van der Waals surface area contributed by atoms with Crippen LogP contribution in [-0.2, 0) is 9.59 Å². The first-order valence-electron chi connectivity index (χ1n) is 8.34. The zero-order chi connectivity index (χ0) is 13.9. The van der Waals surface area contributed by atoms with Gasteiger partial charge in [-0.2, -0.15) is 0 Å². The maximum atomic E-state index is 12.3. The van der Waals surface area contributed by atoms with Crippen molar-refractivity contribution in [1.82, 2.24) is 10.2 Å². The van der Waals surface area contributed by atoms with Gasteiger partial charge in [0, 0.05) is 25.0 Å². The predicted molar refractivity (Wildman–Crippen MR) is 77.1 cm³/mol. The molecule has 112 valence electrons. The molecule has 2 aliphatic carbocycles. The first-order valence-corrected chi connectivity index (χ1v) is 8.34. The molecule has 0 aromatic carbocycles. The van der Waals surface area contributed by atoms with Crippen molar-refractivity contribution in [3.8, 4) is 0 Å². The Bertz CT molecular complexity index is 371. The number of hydrogen-bond donors (Lipinski definition) is 1. The largest absolute Gasteiger partial charge is 0.353 e. The van der Waals surface area contributed by atoms with Crippen LogP contribution in [0.1, 0.15) is 64.2 Å². The molecular weight excluding hydrogens is 252 g/mol. The van der Waals surface area contributed by atoms with E-state index in [1.54, 1.807) is 0 Å². The van der Waals surface area contributed by atoms with Gasteiger partial charge in [0.2, 0.25) is 11.8 Å². The quantitative estimate of drug-likeness (QED) is 0.860. The second-order valence-electron chi connectivity index (χ2n) is 6.73. The molecule has 1 N–H and O–H groups in total. The summed E-state index contributed by atoms with van der Waals surface area (Å²) >= 11 is 0. The average molecular weight is 278 g/mol. The van der Waals surface area contributed by atoms with Crippen LogP contribution in [0.3, 0.4) is 0 Å². The first-order chi connectivity index (χ1) is 9.74. The number of likely N-dealkylation sites (tertiary alicyclic amines) is 1. The third-order valence-corrected chi connectivity index (χ3v) is 5.25. The van der Waals surface area contributed by atoms with E-state index in [1.807, 2.05) is 4.90 Å². The van der Waals surface area contributed by atoms with E-state index in [2.05, 4.69) is 5.32 Å². The molecule has 1 saturated heterocycles. The van der Waals surface area contributed by atoms with E-state index in [9.17, 15) is 9.59 Å². The summed E-state index contributed by atoms with van der Waals surface area (Å²) < 4.78 is 0. The molecule has 0 unspecified atom stereocenters. The van der Waals surface area contributed by atoms with Crippen molar-refractivity contribution in [3.05, 3.63) is 0 Å². The smallest absolute Gasteiger partial charge is 0.225 e. The van der Waals surface area contributed by atoms with Crippen molar-refractivity contribution < 1.29 is 9.59 Å². The molecule has 0 aromatic heterocycles. The fourth-order valence-corrected chi connectivity index (χ4v) is 4.04. The zero-order valence-corrected chi connectivity index (χ0v) is 12.3. The Morgan fingerprint density at radius 1 is 1.00 bits per heavy atom. The van der Waals surface area contributed by atoms with Crippen LogP contribution in [0.4, 0.5) is 0 Å². The van der Waals surface area contributed by atoms with Crippen molar-refractivity contribution in [2.75, 3.05) is 6.54 Å². The highest BCUT2D eigenvalue weighted by molar-refractivity contribution is 5.89. The van der Waals surface area contributed by atoms with Crippen LogP contribution in [0.15, 0.2) is 0 Å². The SMILES string of the molecule is O=C(NC1CCCC1)[C@@H]1CC(=O)N(C2CCCCC2)C1. The Morgan fingerprint density at radius 2 is 1.65 bits per heavy atom. The lowest BCUT2D eigenvalue weighted by Crippen LogP contribution is -2.41. The fraction of sp³-hybridized carbons (Fsp3) is 0.875. The van der Waals surface area contributed by atoms with Crippen LogP contribution in [-0.4, -0.2) is 35.3 Å². The van der Waals surface area contributed by atoms with Gasteiger partial charge >= 0.3 is 0 Å². The Labute approximate surface area is 121 Å². The second kappa shape index (κ2) is 6.15. The monoisotopic (exact) mass is 278 g/mol. The number of nitrogens with one attached hydrogen (secondary N) is 1. The van der Waals surface area contributed by atoms with Crippen LogP contribution in [0.5, 0.6) is 0 Å². The van der Waals surface area contributed by atoms with Gasteiger partial charge in [-0.3, -0.25) is 9.59 Å². The van der Waals surface area contributed by atoms with Gasteiger partial charge < -0.3 is 10.2 Å². The van der Waals surface area contributed by atoms with Crippen molar-refractivity contribution >= 4 is 11.8 Å². The summed E-state index contributed by atoms with van der Waals surface area (Å²) in [5, 5.41) is 3.15. The van der Waals surface area contributed by atoms with E-state index < -0.39 is 0 Å². The molecule has 4 nitrogen and oxygen atoms in total. The molecule has 3 fully saturated rings. The van der Waals surface area contributed by atoms with Gasteiger partial charge in [0.05, 0.1) is 5.92 Å².